The zero-order valence-electron chi connectivity index (χ0n) is 21.1. The summed E-state index contributed by atoms with van der Waals surface area (Å²) in [7, 11) is 0. The van der Waals surface area contributed by atoms with Gasteiger partial charge in [-0.05, 0) is 62.2 Å². The first-order valence-corrected chi connectivity index (χ1v) is 13.3. The highest BCUT2D eigenvalue weighted by molar-refractivity contribution is 6.05. The smallest absolute Gasteiger partial charge is 0.255 e. The summed E-state index contributed by atoms with van der Waals surface area (Å²) < 4.78 is 8.08. The molecule has 2 fully saturated rings. The summed E-state index contributed by atoms with van der Waals surface area (Å²) in [4.78, 5) is 41.2. The first-order valence-electron chi connectivity index (χ1n) is 13.3. The molecule has 0 aliphatic carbocycles. The number of nitrogens with zero attached hydrogens (tertiary/aromatic N) is 4. The number of aromatic nitrogens is 2. The van der Waals surface area contributed by atoms with E-state index >= 15 is 0 Å². The number of para-hydroxylation sites is 1. The molecule has 3 aromatic rings. The maximum Gasteiger partial charge on any atom is 0.255 e. The number of nitrogens with one attached hydrogen (secondary N) is 1. The maximum absolute atomic E-state index is 13.2. The van der Waals surface area contributed by atoms with E-state index in [-0.39, 0.29) is 29.6 Å². The third kappa shape index (κ3) is 3.80. The fraction of sp³-hybridized carbons (Fsp3) is 0.379. The van der Waals surface area contributed by atoms with Gasteiger partial charge in [0.25, 0.3) is 5.91 Å². The minimum atomic E-state index is -0.605. The molecule has 0 bridgehead atoms. The van der Waals surface area contributed by atoms with Crippen LogP contribution in [0.4, 0.5) is 0 Å². The van der Waals surface area contributed by atoms with E-state index in [2.05, 4.69) is 27.6 Å². The number of hydrogen-bond donors (Lipinski definition) is 1. The van der Waals surface area contributed by atoms with Crippen LogP contribution < -0.4 is 10.1 Å². The minimum absolute atomic E-state index is 0.0554. The van der Waals surface area contributed by atoms with E-state index in [4.69, 9.17) is 4.74 Å². The number of piperidine rings is 2. The normalized spacial score (nSPS) is 22.4. The third-order valence-electron chi connectivity index (χ3n) is 8.58. The zero-order valence-corrected chi connectivity index (χ0v) is 21.1. The Morgan fingerprint density at radius 1 is 1.08 bits per heavy atom. The standard InChI is InChI=1S/C29H29N5O4/c35-26-7-6-24(27(36)31-26)33-17-20-12-23-25(13-22(20)28(33)37)38-18-29(23)8-10-32(11-9-29)15-19-14-30-34(16-19)21-4-2-1-3-5-21/h1-5,12-14,16,24H,6-11,15,17-18H2,(H,31,35,36). The van der Waals surface area contributed by atoms with E-state index in [9.17, 15) is 14.4 Å². The Hall–Kier alpha value is -3.98. The second kappa shape index (κ2) is 8.80. The highest BCUT2D eigenvalue weighted by atomic mass is 16.5. The molecule has 1 aromatic heterocycles. The van der Waals surface area contributed by atoms with E-state index < -0.39 is 6.04 Å². The van der Waals surface area contributed by atoms with Crippen molar-refractivity contribution in [1.29, 1.82) is 0 Å². The molecule has 3 amide bonds. The summed E-state index contributed by atoms with van der Waals surface area (Å²) >= 11 is 0. The van der Waals surface area contributed by atoms with Crippen molar-refractivity contribution in [1.82, 2.24) is 24.9 Å². The summed E-state index contributed by atoms with van der Waals surface area (Å²) in [6, 6.07) is 13.5. The second-order valence-electron chi connectivity index (χ2n) is 10.9. The lowest BCUT2D eigenvalue weighted by molar-refractivity contribution is -0.136. The Kier molecular flexibility index (Phi) is 5.36. The van der Waals surface area contributed by atoms with Crippen LogP contribution in [0.5, 0.6) is 5.75 Å². The third-order valence-corrected chi connectivity index (χ3v) is 8.58. The molecule has 0 saturated carbocycles. The molecular formula is C29H29N5O4. The summed E-state index contributed by atoms with van der Waals surface area (Å²) in [5.41, 5.74) is 4.93. The number of fused-ring (bicyclic) bond motifs is 3. The van der Waals surface area contributed by atoms with Gasteiger partial charge in [0.05, 0.1) is 18.5 Å². The van der Waals surface area contributed by atoms with Crippen molar-refractivity contribution in [3.05, 3.63) is 77.1 Å². The van der Waals surface area contributed by atoms with Crippen molar-refractivity contribution in [2.24, 2.45) is 0 Å². The van der Waals surface area contributed by atoms with E-state index in [1.807, 2.05) is 47.3 Å². The predicted molar refractivity (Wildman–Crippen MR) is 138 cm³/mol. The van der Waals surface area contributed by atoms with Crippen molar-refractivity contribution in [2.75, 3.05) is 19.7 Å². The van der Waals surface area contributed by atoms with Crippen LogP contribution in [0.1, 0.15) is 52.7 Å². The molecule has 1 atom stereocenters. The number of hydrogen-bond acceptors (Lipinski definition) is 6. The Morgan fingerprint density at radius 2 is 1.89 bits per heavy atom. The molecule has 1 spiro atoms. The predicted octanol–water partition coefficient (Wildman–Crippen LogP) is 2.56. The van der Waals surface area contributed by atoms with Gasteiger partial charge < -0.3 is 9.64 Å². The Bertz CT molecular complexity index is 1440. The van der Waals surface area contributed by atoms with Gasteiger partial charge in [-0.25, -0.2) is 4.68 Å². The number of benzene rings is 2. The van der Waals surface area contributed by atoms with E-state index in [1.54, 1.807) is 4.90 Å². The van der Waals surface area contributed by atoms with Crippen LogP contribution in [0, 0.1) is 0 Å². The van der Waals surface area contributed by atoms with Gasteiger partial charge in [0.1, 0.15) is 11.8 Å². The number of amides is 3. The lowest BCUT2D eigenvalue weighted by atomic mass is 9.74. The molecule has 1 N–H and O–H groups in total. The number of likely N-dealkylation sites (tertiary alicyclic amines) is 1. The summed E-state index contributed by atoms with van der Waals surface area (Å²) in [6.45, 7) is 3.79. The monoisotopic (exact) mass is 511 g/mol. The molecule has 9 heteroatoms. The number of carbonyl (C=O) groups excluding carboxylic acids is 3. The van der Waals surface area contributed by atoms with Crippen molar-refractivity contribution in [3.63, 3.8) is 0 Å². The quantitative estimate of drug-likeness (QED) is 0.541. The van der Waals surface area contributed by atoms with Crippen molar-refractivity contribution in [3.8, 4) is 11.4 Å². The van der Waals surface area contributed by atoms with E-state index in [0.717, 1.165) is 49.5 Å². The fourth-order valence-corrected chi connectivity index (χ4v) is 6.40. The average Bonchev–Trinajstić information content (AvgIpc) is 3.62. The molecular weight excluding hydrogens is 482 g/mol. The molecule has 9 nitrogen and oxygen atoms in total. The largest absolute Gasteiger partial charge is 0.492 e. The second-order valence-corrected chi connectivity index (χ2v) is 10.9. The Morgan fingerprint density at radius 3 is 2.68 bits per heavy atom. The average molecular weight is 512 g/mol. The molecule has 5 heterocycles. The lowest BCUT2D eigenvalue weighted by Gasteiger charge is -2.38. The number of carbonyl (C=O) groups is 3. The number of ether oxygens (including phenoxy) is 1. The van der Waals surface area contributed by atoms with Gasteiger partial charge in [-0.2, -0.15) is 5.10 Å². The summed E-state index contributed by atoms with van der Waals surface area (Å²) in [5.74, 6) is -0.0297. The van der Waals surface area contributed by atoms with Gasteiger partial charge in [0.2, 0.25) is 11.8 Å². The zero-order chi connectivity index (χ0) is 25.9. The maximum atomic E-state index is 13.2. The van der Waals surface area contributed by atoms with Gasteiger partial charge in [-0.15, -0.1) is 0 Å². The van der Waals surface area contributed by atoms with Crippen molar-refractivity contribution < 1.29 is 19.1 Å². The molecule has 4 aliphatic rings. The van der Waals surface area contributed by atoms with Gasteiger partial charge in [-0.1, -0.05) is 18.2 Å². The van der Waals surface area contributed by atoms with Crippen LogP contribution in [-0.4, -0.2) is 63.0 Å². The van der Waals surface area contributed by atoms with Crippen LogP contribution in [0.15, 0.2) is 54.9 Å². The lowest BCUT2D eigenvalue weighted by Crippen LogP contribution is -2.52. The van der Waals surface area contributed by atoms with Gasteiger partial charge >= 0.3 is 0 Å². The van der Waals surface area contributed by atoms with Gasteiger partial charge in [0.15, 0.2) is 0 Å². The fourth-order valence-electron chi connectivity index (χ4n) is 6.40. The Balaban J connectivity index is 1.04. The molecule has 4 aliphatic heterocycles. The number of imide groups is 1. The highest BCUT2D eigenvalue weighted by Crippen LogP contribution is 2.48. The van der Waals surface area contributed by atoms with Crippen molar-refractivity contribution >= 4 is 17.7 Å². The van der Waals surface area contributed by atoms with Crippen LogP contribution >= 0.6 is 0 Å². The van der Waals surface area contributed by atoms with E-state index in [0.29, 0.717) is 25.1 Å². The molecule has 0 radical (unpaired) electrons. The van der Waals surface area contributed by atoms with Crippen LogP contribution in [0.25, 0.3) is 5.69 Å². The molecule has 2 saturated heterocycles. The minimum Gasteiger partial charge on any atom is -0.492 e. The molecule has 1 unspecified atom stereocenters. The van der Waals surface area contributed by atoms with Crippen LogP contribution in [-0.2, 0) is 28.1 Å². The first-order chi connectivity index (χ1) is 18.5. The van der Waals surface area contributed by atoms with Crippen molar-refractivity contribution in [2.45, 2.75) is 50.2 Å². The molecule has 7 rings (SSSR count). The SMILES string of the molecule is O=C1CCC(N2Cc3cc4c(cc3C2=O)OCC42CCN(Cc3cnn(-c4ccccc4)c3)CC2)C(=O)N1. The summed E-state index contributed by atoms with van der Waals surface area (Å²) in [6.07, 6.45) is 6.63. The summed E-state index contributed by atoms with van der Waals surface area (Å²) in [5, 5.41) is 6.91. The van der Waals surface area contributed by atoms with Gasteiger partial charge in [-0.3, -0.25) is 24.6 Å². The molecule has 194 valence electrons. The van der Waals surface area contributed by atoms with Gasteiger partial charge in [0, 0.05) is 47.8 Å². The highest BCUT2D eigenvalue weighted by Gasteiger charge is 2.46. The topological polar surface area (TPSA) is 96.8 Å². The molecule has 2 aromatic carbocycles. The van der Waals surface area contributed by atoms with Crippen LogP contribution in [0.2, 0.25) is 0 Å². The molecule has 38 heavy (non-hydrogen) atoms. The number of rotatable bonds is 4. The first kappa shape index (κ1) is 23.2. The van der Waals surface area contributed by atoms with E-state index in [1.165, 1.54) is 11.1 Å². The van der Waals surface area contributed by atoms with Crippen LogP contribution in [0.3, 0.4) is 0 Å². The Labute approximate surface area is 220 Å².